The minimum absolute atomic E-state index is 0.0465. The highest BCUT2D eigenvalue weighted by atomic mass is 16.5. The van der Waals surface area contributed by atoms with Crippen molar-refractivity contribution >= 4 is 29.9 Å². The molecule has 1 aromatic rings. The summed E-state index contributed by atoms with van der Waals surface area (Å²) in [7, 11) is 1.20. The summed E-state index contributed by atoms with van der Waals surface area (Å²) >= 11 is 0. The molecule has 0 saturated carbocycles. The van der Waals surface area contributed by atoms with Gasteiger partial charge in [0.1, 0.15) is 0 Å². The number of ether oxygens (including phenoxy) is 1. The number of hydrogen-bond acceptors (Lipinski definition) is 6. The van der Waals surface area contributed by atoms with Crippen molar-refractivity contribution in [2.24, 2.45) is 5.73 Å². The molecule has 8 heteroatoms. The molecule has 22 heavy (non-hydrogen) atoms. The van der Waals surface area contributed by atoms with Gasteiger partial charge in [0.2, 0.25) is 6.41 Å². The third-order valence-electron chi connectivity index (χ3n) is 2.77. The van der Waals surface area contributed by atoms with Crippen LogP contribution in [0.15, 0.2) is 24.3 Å². The average molecular weight is 307 g/mol. The smallest absolute Gasteiger partial charge is 0.339 e. The van der Waals surface area contributed by atoms with Gasteiger partial charge in [-0.05, 0) is 25.1 Å². The van der Waals surface area contributed by atoms with Crippen molar-refractivity contribution in [2.75, 3.05) is 25.5 Å². The molecule has 0 aromatic heterocycles. The van der Waals surface area contributed by atoms with Gasteiger partial charge in [-0.15, -0.1) is 0 Å². The van der Waals surface area contributed by atoms with Gasteiger partial charge in [-0.3, -0.25) is 19.3 Å². The van der Waals surface area contributed by atoms with Gasteiger partial charge in [0.05, 0.1) is 18.4 Å². The van der Waals surface area contributed by atoms with Crippen LogP contribution in [0, 0.1) is 0 Å². The van der Waals surface area contributed by atoms with E-state index in [4.69, 9.17) is 5.73 Å². The number of esters is 1. The SMILES string of the molecule is COC(=O)c1ccccc1NC(=O)C(=O)N(C=O)CCCN. The van der Waals surface area contributed by atoms with Crippen molar-refractivity contribution in [3.05, 3.63) is 29.8 Å². The normalized spacial score (nSPS) is 9.73. The van der Waals surface area contributed by atoms with E-state index in [1.807, 2.05) is 0 Å². The van der Waals surface area contributed by atoms with E-state index in [0.717, 1.165) is 4.90 Å². The lowest BCUT2D eigenvalue weighted by Crippen LogP contribution is -2.40. The number of carbonyl (C=O) groups excluding carboxylic acids is 4. The average Bonchev–Trinajstić information content (AvgIpc) is 2.55. The maximum Gasteiger partial charge on any atom is 0.339 e. The van der Waals surface area contributed by atoms with Gasteiger partial charge in [0, 0.05) is 6.54 Å². The third-order valence-corrected chi connectivity index (χ3v) is 2.77. The molecule has 0 aliphatic rings. The van der Waals surface area contributed by atoms with E-state index in [1.165, 1.54) is 19.2 Å². The second-order valence-electron chi connectivity index (χ2n) is 4.24. The Morgan fingerprint density at radius 2 is 2.00 bits per heavy atom. The Kier molecular flexibility index (Phi) is 6.71. The van der Waals surface area contributed by atoms with Crippen LogP contribution in [0.4, 0.5) is 5.69 Å². The highest BCUT2D eigenvalue weighted by Crippen LogP contribution is 2.16. The van der Waals surface area contributed by atoms with Crippen molar-refractivity contribution < 1.29 is 23.9 Å². The van der Waals surface area contributed by atoms with Crippen molar-refractivity contribution in [1.29, 1.82) is 0 Å². The Morgan fingerprint density at radius 1 is 1.32 bits per heavy atom. The molecule has 3 N–H and O–H groups in total. The highest BCUT2D eigenvalue weighted by Gasteiger charge is 2.23. The van der Waals surface area contributed by atoms with Gasteiger partial charge in [-0.2, -0.15) is 0 Å². The number of rotatable bonds is 6. The molecule has 0 atom stereocenters. The van der Waals surface area contributed by atoms with Crippen LogP contribution >= 0.6 is 0 Å². The maximum absolute atomic E-state index is 11.9. The van der Waals surface area contributed by atoms with Gasteiger partial charge in [-0.1, -0.05) is 12.1 Å². The van der Waals surface area contributed by atoms with Crippen molar-refractivity contribution in [3.8, 4) is 0 Å². The zero-order chi connectivity index (χ0) is 16.5. The molecule has 0 bridgehead atoms. The van der Waals surface area contributed by atoms with E-state index < -0.39 is 17.8 Å². The molecule has 0 aliphatic carbocycles. The maximum atomic E-state index is 11.9. The van der Waals surface area contributed by atoms with Gasteiger partial charge in [-0.25, -0.2) is 4.79 Å². The number of benzene rings is 1. The molecule has 3 amide bonds. The fourth-order valence-electron chi connectivity index (χ4n) is 1.65. The first-order valence-corrected chi connectivity index (χ1v) is 6.49. The molecule has 118 valence electrons. The summed E-state index contributed by atoms with van der Waals surface area (Å²) in [6.07, 6.45) is 0.653. The quantitative estimate of drug-likeness (QED) is 0.425. The molecule has 0 radical (unpaired) electrons. The minimum Gasteiger partial charge on any atom is -0.465 e. The summed E-state index contributed by atoms with van der Waals surface area (Å²) in [5.74, 6) is -2.71. The Hall–Kier alpha value is -2.74. The van der Waals surface area contributed by atoms with E-state index >= 15 is 0 Å². The van der Waals surface area contributed by atoms with E-state index in [9.17, 15) is 19.2 Å². The lowest BCUT2D eigenvalue weighted by atomic mass is 10.2. The molecular formula is C14H17N3O5. The standard InChI is InChI=1S/C14H17N3O5/c1-22-14(21)10-5-2-3-6-11(10)16-12(19)13(20)17(9-18)8-4-7-15/h2-3,5-6,9H,4,7-8,15H2,1H3,(H,16,19). The number of methoxy groups -OCH3 is 1. The van der Waals surface area contributed by atoms with Crippen LogP contribution in [0.25, 0.3) is 0 Å². The predicted molar refractivity (Wildman–Crippen MR) is 77.9 cm³/mol. The van der Waals surface area contributed by atoms with Crippen LogP contribution in [0.2, 0.25) is 0 Å². The summed E-state index contributed by atoms with van der Waals surface area (Å²) < 4.78 is 4.59. The zero-order valence-corrected chi connectivity index (χ0v) is 12.1. The Bertz CT molecular complexity index is 573. The summed E-state index contributed by atoms with van der Waals surface area (Å²) in [4.78, 5) is 46.9. The predicted octanol–water partition coefficient (Wildman–Crippen LogP) is -0.254. The molecule has 8 nitrogen and oxygen atoms in total. The fourth-order valence-corrected chi connectivity index (χ4v) is 1.65. The van der Waals surface area contributed by atoms with Gasteiger partial charge >= 0.3 is 17.8 Å². The van der Waals surface area contributed by atoms with Gasteiger partial charge in [0.25, 0.3) is 0 Å². The van der Waals surface area contributed by atoms with Crippen LogP contribution in [0.3, 0.4) is 0 Å². The van der Waals surface area contributed by atoms with E-state index in [2.05, 4.69) is 10.1 Å². The minimum atomic E-state index is -1.03. The lowest BCUT2D eigenvalue weighted by molar-refractivity contribution is -0.146. The topological polar surface area (TPSA) is 119 Å². The summed E-state index contributed by atoms with van der Waals surface area (Å²) in [5, 5.41) is 2.30. The largest absolute Gasteiger partial charge is 0.465 e. The van der Waals surface area contributed by atoms with Gasteiger partial charge in [0.15, 0.2) is 0 Å². The van der Waals surface area contributed by atoms with Crippen molar-refractivity contribution in [2.45, 2.75) is 6.42 Å². The van der Waals surface area contributed by atoms with Gasteiger partial charge < -0.3 is 15.8 Å². The fraction of sp³-hybridized carbons (Fsp3) is 0.286. The monoisotopic (exact) mass is 307 g/mol. The summed E-state index contributed by atoms with van der Waals surface area (Å²) in [6, 6.07) is 6.06. The molecule has 0 spiro atoms. The first-order chi connectivity index (χ1) is 10.5. The van der Waals surface area contributed by atoms with Crippen LogP contribution in [0.5, 0.6) is 0 Å². The molecule has 0 fully saturated rings. The molecule has 1 aromatic carbocycles. The first-order valence-electron chi connectivity index (χ1n) is 6.49. The Labute approximate surface area is 127 Å². The number of hydrogen-bond donors (Lipinski definition) is 2. The van der Waals surface area contributed by atoms with E-state index in [1.54, 1.807) is 12.1 Å². The number of nitrogens with zero attached hydrogens (tertiary/aromatic N) is 1. The summed E-state index contributed by atoms with van der Waals surface area (Å²) in [5.41, 5.74) is 5.52. The number of para-hydroxylation sites is 1. The second kappa shape index (κ2) is 8.53. The number of nitrogens with two attached hydrogens (primary N) is 1. The van der Waals surface area contributed by atoms with Crippen LogP contribution in [-0.4, -0.2) is 49.3 Å². The van der Waals surface area contributed by atoms with E-state index in [0.29, 0.717) is 6.42 Å². The zero-order valence-electron chi connectivity index (χ0n) is 12.1. The van der Waals surface area contributed by atoms with Crippen LogP contribution < -0.4 is 11.1 Å². The van der Waals surface area contributed by atoms with Crippen molar-refractivity contribution in [1.82, 2.24) is 4.90 Å². The second-order valence-corrected chi connectivity index (χ2v) is 4.24. The molecule has 1 rings (SSSR count). The summed E-state index contributed by atoms with van der Waals surface area (Å²) in [6.45, 7) is 0.329. The number of imide groups is 1. The van der Waals surface area contributed by atoms with Crippen LogP contribution in [0.1, 0.15) is 16.8 Å². The number of nitrogens with one attached hydrogen (secondary N) is 1. The molecule has 0 saturated heterocycles. The number of anilines is 1. The van der Waals surface area contributed by atoms with Crippen LogP contribution in [-0.2, 0) is 19.1 Å². The van der Waals surface area contributed by atoms with Crippen molar-refractivity contribution in [3.63, 3.8) is 0 Å². The molecule has 0 unspecified atom stereocenters. The number of amides is 3. The number of carbonyl (C=O) groups is 4. The highest BCUT2D eigenvalue weighted by molar-refractivity contribution is 6.41. The third kappa shape index (κ3) is 4.38. The molecule has 0 heterocycles. The Balaban J connectivity index is 2.86. The molecular weight excluding hydrogens is 290 g/mol. The Morgan fingerprint density at radius 3 is 2.59 bits per heavy atom. The lowest BCUT2D eigenvalue weighted by Gasteiger charge is -2.15. The molecule has 0 aliphatic heterocycles. The first kappa shape index (κ1) is 17.3. The van der Waals surface area contributed by atoms with E-state index in [-0.39, 0.29) is 30.8 Å².